The van der Waals surface area contributed by atoms with Crippen molar-refractivity contribution in [3.8, 4) is 0 Å². The fraction of sp³-hybridized carbons (Fsp3) is 0.611. The second-order valence-electron chi connectivity index (χ2n) is 6.55. The van der Waals surface area contributed by atoms with Gasteiger partial charge in [0.2, 0.25) is 5.91 Å². The fourth-order valence-corrected chi connectivity index (χ4v) is 5.28. The Morgan fingerprint density at radius 3 is 2.92 bits per heavy atom. The van der Waals surface area contributed by atoms with Crippen molar-refractivity contribution >= 4 is 39.2 Å². The van der Waals surface area contributed by atoms with Crippen LogP contribution in [-0.2, 0) is 24.2 Å². The maximum atomic E-state index is 13.0. The Morgan fingerprint density at radius 1 is 1.40 bits per heavy atom. The third-order valence-electron chi connectivity index (χ3n) is 4.59. The molecule has 0 fully saturated rings. The summed E-state index contributed by atoms with van der Waals surface area (Å²) in [5.74, 6) is 0.280. The number of fused-ring (bicyclic) bond motifs is 3. The molecule has 1 N–H and O–H groups in total. The second kappa shape index (κ2) is 7.91. The number of aryl methyl sites for hydroxylation is 2. The Bertz CT molecular complexity index is 841. The van der Waals surface area contributed by atoms with Crippen LogP contribution in [0.4, 0.5) is 0 Å². The minimum absolute atomic E-state index is 0.00887. The van der Waals surface area contributed by atoms with Crippen LogP contribution in [0, 0.1) is 0 Å². The number of hydrogen-bond donors (Lipinski definition) is 1. The van der Waals surface area contributed by atoms with E-state index >= 15 is 0 Å². The number of nitrogens with one attached hydrogen (secondary N) is 1. The van der Waals surface area contributed by atoms with Gasteiger partial charge < -0.3 is 5.32 Å². The highest BCUT2D eigenvalue weighted by atomic mass is 32.2. The van der Waals surface area contributed by atoms with Gasteiger partial charge in [-0.3, -0.25) is 14.2 Å². The lowest BCUT2D eigenvalue weighted by atomic mass is 10.2. The highest BCUT2D eigenvalue weighted by molar-refractivity contribution is 7.99. The molecule has 0 unspecified atom stereocenters. The molecule has 0 spiro atoms. The Balaban J connectivity index is 1.90. The topological polar surface area (TPSA) is 64.0 Å². The van der Waals surface area contributed by atoms with Gasteiger partial charge in [-0.1, -0.05) is 25.6 Å². The Hall–Kier alpha value is -1.34. The first kappa shape index (κ1) is 18.5. The van der Waals surface area contributed by atoms with E-state index in [2.05, 4.69) is 12.2 Å². The summed E-state index contributed by atoms with van der Waals surface area (Å²) in [6, 6.07) is 0.168. The summed E-state index contributed by atoms with van der Waals surface area (Å²) in [4.78, 5) is 32.0. The van der Waals surface area contributed by atoms with Crippen molar-refractivity contribution in [2.75, 3.05) is 5.75 Å². The molecule has 2 heterocycles. The molecular formula is C18H25N3O2S2. The SMILES string of the molecule is CCCn1c(SCC(=O)N[C@H](C)CC)nc2sc3c(c2c1=O)CCC3. The average molecular weight is 380 g/mol. The van der Waals surface area contributed by atoms with E-state index in [1.807, 2.05) is 13.8 Å². The van der Waals surface area contributed by atoms with Gasteiger partial charge in [-0.15, -0.1) is 11.3 Å². The minimum Gasteiger partial charge on any atom is -0.353 e. The average Bonchev–Trinajstić information content (AvgIpc) is 3.16. The summed E-state index contributed by atoms with van der Waals surface area (Å²) in [5.41, 5.74) is 1.28. The standard InChI is InChI=1S/C18H25N3O2S2/c1-4-9-21-17(23)15-12-7-6-8-13(12)25-16(15)20-18(21)24-10-14(22)19-11(3)5-2/h11H,4-10H2,1-3H3,(H,19,22)/t11-/m1/s1. The van der Waals surface area contributed by atoms with Crippen molar-refractivity contribution < 1.29 is 4.79 Å². The number of carbonyl (C=O) groups excluding carboxylic acids is 1. The van der Waals surface area contributed by atoms with Gasteiger partial charge in [-0.05, 0) is 44.6 Å². The van der Waals surface area contributed by atoms with E-state index in [1.54, 1.807) is 15.9 Å². The molecule has 1 aliphatic rings. The van der Waals surface area contributed by atoms with E-state index in [1.165, 1.54) is 22.2 Å². The summed E-state index contributed by atoms with van der Waals surface area (Å²) in [7, 11) is 0. The number of rotatable bonds is 7. The first-order valence-electron chi connectivity index (χ1n) is 9.02. The number of carbonyl (C=O) groups is 1. The quantitative estimate of drug-likeness (QED) is 0.592. The molecule has 3 rings (SSSR count). The van der Waals surface area contributed by atoms with Crippen LogP contribution < -0.4 is 10.9 Å². The number of hydrogen-bond acceptors (Lipinski definition) is 5. The van der Waals surface area contributed by atoms with Gasteiger partial charge in [0.05, 0.1) is 11.1 Å². The molecule has 1 atom stereocenters. The molecule has 5 nitrogen and oxygen atoms in total. The zero-order valence-corrected chi connectivity index (χ0v) is 16.7. The maximum Gasteiger partial charge on any atom is 0.263 e. The Kier molecular flexibility index (Phi) is 5.84. The van der Waals surface area contributed by atoms with E-state index in [0.29, 0.717) is 11.7 Å². The lowest BCUT2D eigenvalue weighted by molar-refractivity contribution is -0.119. The molecule has 1 amide bonds. The molecular weight excluding hydrogens is 354 g/mol. The summed E-state index contributed by atoms with van der Waals surface area (Å²) < 4.78 is 1.76. The lowest BCUT2D eigenvalue weighted by Gasteiger charge is -2.13. The monoisotopic (exact) mass is 379 g/mol. The van der Waals surface area contributed by atoms with Crippen LogP contribution in [0.25, 0.3) is 10.2 Å². The van der Waals surface area contributed by atoms with E-state index < -0.39 is 0 Å². The number of thiophene rings is 1. The lowest BCUT2D eigenvalue weighted by Crippen LogP contribution is -2.33. The Labute approximate surface area is 156 Å². The van der Waals surface area contributed by atoms with Gasteiger partial charge in [0.25, 0.3) is 5.56 Å². The van der Waals surface area contributed by atoms with Crippen molar-refractivity contribution in [3.63, 3.8) is 0 Å². The van der Waals surface area contributed by atoms with Gasteiger partial charge in [-0.25, -0.2) is 4.98 Å². The summed E-state index contributed by atoms with van der Waals surface area (Å²) in [5, 5.41) is 4.45. The molecule has 0 aromatic carbocycles. The van der Waals surface area contributed by atoms with Gasteiger partial charge in [0, 0.05) is 17.5 Å². The predicted octanol–water partition coefficient (Wildman–Crippen LogP) is 3.36. The number of amides is 1. The predicted molar refractivity (Wildman–Crippen MR) is 105 cm³/mol. The first-order valence-corrected chi connectivity index (χ1v) is 10.8. The van der Waals surface area contributed by atoms with Crippen molar-refractivity contribution in [3.05, 3.63) is 20.8 Å². The van der Waals surface area contributed by atoms with Crippen LogP contribution in [0.15, 0.2) is 9.95 Å². The molecule has 2 aromatic rings. The van der Waals surface area contributed by atoms with Gasteiger partial charge in [0.1, 0.15) is 4.83 Å². The summed E-state index contributed by atoms with van der Waals surface area (Å²) in [6.45, 7) is 6.73. The van der Waals surface area contributed by atoms with E-state index in [-0.39, 0.29) is 23.3 Å². The third kappa shape index (κ3) is 3.77. The normalized spacial score (nSPS) is 14.7. The Morgan fingerprint density at radius 2 is 2.20 bits per heavy atom. The van der Waals surface area contributed by atoms with Crippen molar-refractivity contribution in [1.29, 1.82) is 0 Å². The van der Waals surface area contributed by atoms with Crippen molar-refractivity contribution in [2.45, 2.75) is 70.6 Å². The molecule has 7 heteroatoms. The highest BCUT2D eigenvalue weighted by Gasteiger charge is 2.23. The van der Waals surface area contributed by atoms with E-state index in [0.717, 1.165) is 42.3 Å². The van der Waals surface area contributed by atoms with Crippen LogP contribution in [0.2, 0.25) is 0 Å². The second-order valence-corrected chi connectivity index (χ2v) is 8.58. The maximum absolute atomic E-state index is 13.0. The molecule has 2 aromatic heterocycles. The largest absolute Gasteiger partial charge is 0.353 e. The van der Waals surface area contributed by atoms with Crippen molar-refractivity contribution in [1.82, 2.24) is 14.9 Å². The number of thioether (sulfide) groups is 1. The van der Waals surface area contributed by atoms with E-state index in [4.69, 9.17) is 4.98 Å². The minimum atomic E-state index is -0.00887. The number of nitrogens with zero attached hydrogens (tertiary/aromatic N) is 2. The zero-order chi connectivity index (χ0) is 18.0. The molecule has 1 aliphatic carbocycles. The van der Waals surface area contributed by atoms with E-state index in [9.17, 15) is 9.59 Å². The molecule has 0 bridgehead atoms. The molecule has 136 valence electrons. The third-order valence-corrected chi connectivity index (χ3v) is 6.75. The molecule has 25 heavy (non-hydrogen) atoms. The van der Waals surface area contributed by atoms with Crippen LogP contribution in [0.1, 0.15) is 50.5 Å². The van der Waals surface area contributed by atoms with Gasteiger partial charge in [0.15, 0.2) is 5.16 Å². The van der Waals surface area contributed by atoms with Crippen molar-refractivity contribution in [2.24, 2.45) is 0 Å². The summed E-state index contributed by atoms with van der Waals surface area (Å²) >= 11 is 3.02. The first-order chi connectivity index (χ1) is 12.0. The van der Waals surface area contributed by atoms with Crippen LogP contribution >= 0.6 is 23.1 Å². The highest BCUT2D eigenvalue weighted by Crippen LogP contribution is 2.35. The van der Waals surface area contributed by atoms with Crippen LogP contribution in [0.3, 0.4) is 0 Å². The fourth-order valence-electron chi connectivity index (χ4n) is 3.14. The van der Waals surface area contributed by atoms with Crippen LogP contribution in [-0.4, -0.2) is 27.3 Å². The molecule has 0 aliphatic heterocycles. The molecule has 0 saturated heterocycles. The molecule has 0 radical (unpaired) electrons. The zero-order valence-electron chi connectivity index (χ0n) is 15.1. The number of aromatic nitrogens is 2. The smallest absolute Gasteiger partial charge is 0.263 e. The van der Waals surface area contributed by atoms with Gasteiger partial charge >= 0.3 is 0 Å². The van der Waals surface area contributed by atoms with Crippen LogP contribution in [0.5, 0.6) is 0 Å². The van der Waals surface area contributed by atoms with Gasteiger partial charge in [-0.2, -0.15) is 0 Å². The summed E-state index contributed by atoms with van der Waals surface area (Å²) in [6.07, 6.45) is 4.95. The molecule has 0 saturated carbocycles.